The number of anilines is 3. The van der Waals surface area contributed by atoms with Crippen LogP contribution < -0.4 is 10.6 Å². The lowest BCUT2D eigenvalue weighted by Crippen LogP contribution is -2.13. The molecule has 0 fully saturated rings. The van der Waals surface area contributed by atoms with Gasteiger partial charge in [-0.3, -0.25) is 0 Å². The standard InChI is InChI=1S/C19H19ClN4O/c1-13-4-2-5-14(10-13)17(25)12-22-18-8-9-21-19(24-18)23-16-7-3-6-15(20)11-16/h2-11,17,25H,12H2,1H3,(H2,21,22,23,24). The number of nitrogens with zero attached hydrogens (tertiary/aromatic N) is 2. The fourth-order valence-electron chi connectivity index (χ4n) is 2.41. The number of halogens is 1. The van der Waals surface area contributed by atoms with Crippen molar-refractivity contribution in [1.29, 1.82) is 0 Å². The molecule has 3 N–H and O–H groups in total. The predicted octanol–water partition coefficient (Wildman–Crippen LogP) is 4.33. The first-order valence-corrected chi connectivity index (χ1v) is 8.32. The van der Waals surface area contributed by atoms with E-state index < -0.39 is 6.10 Å². The van der Waals surface area contributed by atoms with Crippen LogP contribution in [0.15, 0.2) is 60.8 Å². The molecule has 0 aliphatic rings. The molecule has 2 aromatic carbocycles. The van der Waals surface area contributed by atoms with Crippen LogP contribution in [0.4, 0.5) is 17.5 Å². The van der Waals surface area contributed by atoms with Crippen molar-refractivity contribution in [3.8, 4) is 0 Å². The van der Waals surface area contributed by atoms with Crippen LogP contribution in [0, 0.1) is 6.92 Å². The molecule has 0 aliphatic heterocycles. The molecular weight excluding hydrogens is 336 g/mol. The Morgan fingerprint density at radius 1 is 1.12 bits per heavy atom. The molecule has 1 aromatic heterocycles. The average molecular weight is 355 g/mol. The van der Waals surface area contributed by atoms with Crippen molar-refractivity contribution >= 4 is 29.1 Å². The van der Waals surface area contributed by atoms with Crippen LogP contribution in [-0.4, -0.2) is 21.6 Å². The smallest absolute Gasteiger partial charge is 0.229 e. The second-order valence-electron chi connectivity index (χ2n) is 5.71. The topological polar surface area (TPSA) is 70.1 Å². The summed E-state index contributed by atoms with van der Waals surface area (Å²) in [6, 6.07) is 16.9. The molecule has 0 aliphatic carbocycles. The molecule has 0 spiro atoms. The molecule has 25 heavy (non-hydrogen) atoms. The first kappa shape index (κ1) is 17.2. The van der Waals surface area contributed by atoms with E-state index in [4.69, 9.17) is 11.6 Å². The summed E-state index contributed by atoms with van der Waals surface area (Å²) in [6.07, 6.45) is 1.04. The highest BCUT2D eigenvalue weighted by Crippen LogP contribution is 2.19. The fourth-order valence-corrected chi connectivity index (χ4v) is 2.60. The lowest BCUT2D eigenvalue weighted by atomic mass is 10.1. The van der Waals surface area contributed by atoms with E-state index in [1.54, 1.807) is 24.4 Å². The second-order valence-corrected chi connectivity index (χ2v) is 6.15. The van der Waals surface area contributed by atoms with Gasteiger partial charge in [0.25, 0.3) is 0 Å². The van der Waals surface area contributed by atoms with Gasteiger partial charge >= 0.3 is 0 Å². The highest BCUT2D eigenvalue weighted by Gasteiger charge is 2.08. The minimum Gasteiger partial charge on any atom is -0.387 e. The van der Waals surface area contributed by atoms with Gasteiger partial charge in [0, 0.05) is 23.5 Å². The Hall–Kier alpha value is -2.63. The summed E-state index contributed by atoms with van der Waals surface area (Å²) in [5, 5.41) is 17.2. The number of benzene rings is 2. The summed E-state index contributed by atoms with van der Waals surface area (Å²) in [5.41, 5.74) is 2.80. The largest absolute Gasteiger partial charge is 0.387 e. The Labute approximate surface area is 151 Å². The number of aliphatic hydroxyl groups excluding tert-OH is 1. The summed E-state index contributed by atoms with van der Waals surface area (Å²) < 4.78 is 0. The SMILES string of the molecule is Cc1cccc(C(O)CNc2ccnc(Nc3cccc(Cl)c3)n2)c1. The molecule has 0 radical (unpaired) electrons. The van der Waals surface area contributed by atoms with Crippen LogP contribution in [0.3, 0.4) is 0 Å². The van der Waals surface area contributed by atoms with Crippen LogP contribution in [0.25, 0.3) is 0 Å². The molecule has 1 heterocycles. The van der Waals surface area contributed by atoms with Crippen molar-refractivity contribution in [2.45, 2.75) is 13.0 Å². The molecule has 3 aromatic rings. The number of nitrogens with one attached hydrogen (secondary N) is 2. The Balaban J connectivity index is 1.63. The van der Waals surface area contributed by atoms with Crippen LogP contribution in [0.5, 0.6) is 0 Å². The minimum absolute atomic E-state index is 0.358. The van der Waals surface area contributed by atoms with E-state index in [0.717, 1.165) is 16.8 Å². The zero-order valence-electron chi connectivity index (χ0n) is 13.8. The number of aliphatic hydroxyl groups is 1. The van der Waals surface area contributed by atoms with Crippen molar-refractivity contribution in [2.24, 2.45) is 0 Å². The molecule has 0 amide bonds. The lowest BCUT2D eigenvalue weighted by Gasteiger charge is -2.14. The number of rotatable bonds is 6. The highest BCUT2D eigenvalue weighted by atomic mass is 35.5. The van der Waals surface area contributed by atoms with Crippen LogP contribution in [-0.2, 0) is 0 Å². The van der Waals surface area contributed by atoms with Gasteiger partial charge in [-0.15, -0.1) is 0 Å². The monoisotopic (exact) mass is 354 g/mol. The van der Waals surface area contributed by atoms with E-state index in [2.05, 4.69) is 20.6 Å². The molecule has 1 atom stereocenters. The van der Waals surface area contributed by atoms with Crippen molar-refractivity contribution in [1.82, 2.24) is 9.97 Å². The van der Waals surface area contributed by atoms with Gasteiger partial charge in [0.2, 0.25) is 5.95 Å². The molecule has 128 valence electrons. The first-order valence-electron chi connectivity index (χ1n) is 7.94. The third-order valence-electron chi connectivity index (χ3n) is 3.64. The maximum atomic E-state index is 10.3. The number of hydrogen-bond acceptors (Lipinski definition) is 5. The van der Waals surface area contributed by atoms with Gasteiger partial charge in [-0.1, -0.05) is 47.5 Å². The zero-order chi connectivity index (χ0) is 17.6. The molecule has 5 nitrogen and oxygen atoms in total. The van der Waals surface area contributed by atoms with E-state index >= 15 is 0 Å². The average Bonchev–Trinajstić information content (AvgIpc) is 2.60. The molecule has 0 bridgehead atoms. The summed E-state index contributed by atoms with van der Waals surface area (Å²) in [5.74, 6) is 1.09. The summed E-state index contributed by atoms with van der Waals surface area (Å²) in [4.78, 5) is 8.59. The highest BCUT2D eigenvalue weighted by molar-refractivity contribution is 6.30. The summed E-state index contributed by atoms with van der Waals surface area (Å²) in [7, 11) is 0. The van der Waals surface area contributed by atoms with Gasteiger partial charge in [-0.25, -0.2) is 4.98 Å². The van der Waals surface area contributed by atoms with Crippen LogP contribution in [0.1, 0.15) is 17.2 Å². The molecule has 0 saturated heterocycles. The van der Waals surface area contributed by atoms with Crippen LogP contribution >= 0.6 is 11.6 Å². The number of aromatic nitrogens is 2. The minimum atomic E-state index is -0.612. The maximum Gasteiger partial charge on any atom is 0.229 e. The first-order chi connectivity index (χ1) is 12.1. The fraction of sp³-hybridized carbons (Fsp3) is 0.158. The van der Waals surface area contributed by atoms with E-state index in [-0.39, 0.29) is 0 Å². The Morgan fingerprint density at radius 2 is 1.96 bits per heavy atom. The van der Waals surface area contributed by atoms with E-state index in [1.807, 2.05) is 43.3 Å². The van der Waals surface area contributed by atoms with Gasteiger partial charge in [0.1, 0.15) is 5.82 Å². The van der Waals surface area contributed by atoms with Gasteiger partial charge < -0.3 is 15.7 Å². The van der Waals surface area contributed by atoms with E-state index in [1.165, 1.54) is 0 Å². The molecule has 0 saturated carbocycles. The molecule has 6 heteroatoms. The summed E-state index contributed by atoms with van der Waals surface area (Å²) in [6.45, 7) is 2.36. The molecule has 3 rings (SSSR count). The normalized spacial score (nSPS) is 11.8. The van der Waals surface area contributed by atoms with Gasteiger partial charge in [-0.2, -0.15) is 4.98 Å². The van der Waals surface area contributed by atoms with Gasteiger partial charge in [0.05, 0.1) is 6.10 Å². The number of aryl methyl sites for hydroxylation is 1. The van der Waals surface area contributed by atoms with Gasteiger partial charge in [0.15, 0.2) is 0 Å². The number of hydrogen-bond donors (Lipinski definition) is 3. The third kappa shape index (κ3) is 4.92. The Kier molecular flexibility index (Phi) is 5.48. The van der Waals surface area contributed by atoms with Crippen molar-refractivity contribution in [3.63, 3.8) is 0 Å². The zero-order valence-corrected chi connectivity index (χ0v) is 14.5. The quantitative estimate of drug-likeness (QED) is 0.614. The Morgan fingerprint density at radius 3 is 2.76 bits per heavy atom. The van der Waals surface area contributed by atoms with Crippen molar-refractivity contribution in [3.05, 3.63) is 76.9 Å². The van der Waals surface area contributed by atoms with E-state index in [9.17, 15) is 5.11 Å². The molecule has 1 unspecified atom stereocenters. The Bertz CT molecular complexity index is 856. The lowest BCUT2D eigenvalue weighted by molar-refractivity contribution is 0.191. The van der Waals surface area contributed by atoms with Crippen molar-refractivity contribution < 1.29 is 5.11 Å². The maximum absolute atomic E-state index is 10.3. The van der Waals surface area contributed by atoms with Crippen molar-refractivity contribution in [2.75, 3.05) is 17.2 Å². The second kappa shape index (κ2) is 7.96. The van der Waals surface area contributed by atoms with Gasteiger partial charge in [-0.05, 0) is 36.8 Å². The predicted molar refractivity (Wildman–Crippen MR) is 101 cm³/mol. The third-order valence-corrected chi connectivity index (χ3v) is 3.87. The van der Waals surface area contributed by atoms with E-state index in [0.29, 0.717) is 23.3 Å². The summed E-state index contributed by atoms with van der Waals surface area (Å²) >= 11 is 5.98. The van der Waals surface area contributed by atoms with Crippen LogP contribution in [0.2, 0.25) is 5.02 Å². The molecular formula is C19H19ClN4O.